The van der Waals surface area contributed by atoms with Gasteiger partial charge in [-0.05, 0) is 0 Å². The number of hydrogen-bond acceptors (Lipinski definition) is 1. The van der Waals surface area contributed by atoms with Crippen LogP contribution >= 0.6 is 0 Å². The van der Waals surface area contributed by atoms with E-state index in [1.807, 2.05) is 0 Å². The van der Waals surface area contributed by atoms with Crippen molar-refractivity contribution in [3.63, 3.8) is 0 Å². The van der Waals surface area contributed by atoms with Crippen molar-refractivity contribution in [3.05, 3.63) is 0 Å². The summed E-state index contributed by atoms with van der Waals surface area (Å²) in [6.45, 7) is -4.83. The maximum absolute atomic E-state index is 12.4. The molecular weight excluding hydrogens is 290 g/mol. The van der Waals surface area contributed by atoms with E-state index in [0.29, 0.717) is 0 Å². The van der Waals surface area contributed by atoms with E-state index < -0.39 is 43.8 Å². The highest BCUT2D eigenvalue weighted by molar-refractivity contribution is 4.87. The average molecular weight is 296 g/mol. The first-order valence-corrected chi connectivity index (χ1v) is 4.12. The zero-order valence-electron chi connectivity index (χ0n) is 8.26. The average Bonchev–Trinajstić information content (AvgIpc) is 2.15. The highest BCUT2D eigenvalue weighted by Crippen LogP contribution is 2.39. The van der Waals surface area contributed by atoms with Gasteiger partial charge in [0, 0.05) is 0 Å². The normalized spacial score (nSPS) is 14.7. The zero-order chi connectivity index (χ0) is 14.8. The van der Waals surface area contributed by atoms with Gasteiger partial charge in [-0.15, -0.1) is 0 Å². The Morgan fingerprint density at radius 3 is 1.50 bits per heavy atom. The van der Waals surface area contributed by atoms with Crippen LogP contribution in [-0.4, -0.2) is 43.8 Å². The first-order chi connectivity index (χ1) is 7.84. The lowest BCUT2D eigenvalue weighted by atomic mass is 10.2. The van der Waals surface area contributed by atoms with Crippen molar-refractivity contribution >= 4 is 0 Å². The fourth-order valence-corrected chi connectivity index (χ4v) is 0.634. The summed E-state index contributed by atoms with van der Waals surface area (Å²) in [4.78, 5) is 0. The molecule has 0 aliphatic rings. The molecular formula is C7H6F10O. The quantitative estimate of drug-likeness (QED) is 0.654. The van der Waals surface area contributed by atoms with Crippen molar-refractivity contribution in [1.82, 2.24) is 0 Å². The summed E-state index contributed by atoms with van der Waals surface area (Å²) >= 11 is 0. The second kappa shape index (κ2) is 5.49. The predicted octanol–water partition coefficient (Wildman–Crippen LogP) is 3.44. The minimum Gasteiger partial charge on any atom is -0.368 e. The molecule has 0 aliphatic carbocycles. The monoisotopic (exact) mass is 296 g/mol. The number of alkyl halides is 10. The molecule has 0 atom stereocenters. The van der Waals surface area contributed by atoms with Crippen molar-refractivity contribution in [2.24, 2.45) is 0 Å². The summed E-state index contributed by atoms with van der Waals surface area (Å²) in [6.07, 6.45) is -9.02. The van der Waals surface area contributed by atoms with E-state index in [0.717, 1.165) is 0 Å². The molecule has 11 heteroatoms. The van der Waals surface area contributed by atoms with Crippen LogP contribution in [0.25, 0.3) is 0 Å². The van der Waals surface area contributed by atoms with Crippen molar-refractivity contribution in [1.29, 1.82) is 0 Å². The van der Waals surface area contributed by atoms with Crippen LogP contribution in [0, 0.1) is 0 Å². The van der Waals surface area contributed by atoms with E-state index in [1.165, 1.54) is 0 Å². The Morgan fingerprint density at radius 2 is 1.17 bits per heavy atom. The van der Waals surface area contributed by atoms with E-state index in [9.17, 15) is 43.9 Å². The van der Waals surface area contributed by atoms with Gasteiger partial charge in [0.15, 0.2) is 0 Å². The second-order valence-electron chi connectivity index (χ2n) is 3.18. The second-order valence-corrected chi connectivity index (χ2v) is 3.18. The first kappa shape index (κ1) is 17.3. The summed E-state index contributed by atoms with van der Waals surface area (Å²) in [5.41, 5.74) is 0. The molecule has 1 nitrogen and oxygen atoms in total. The van der Waals surface area contributed by atoms with Crippen LogP contribution in [0.1, 0.15) is 0 Å². The van der Waals surface area contributed by atoms with Crippen LogP contribution in [0.3, 0.4) is 0 Å². The minimum atomic E-state index is -5.81. The maximum Gasteiger partial charge on any atom is 0.371 e. The van der Waals surface area contributed by atoms with Crippen LogP contribution in [0.4, 0.5) is 43.9 Å². The standard InChI is InChI=1S/C7H6F10O/c8-3(9)5(12,13)1-18-2-6(14,15)7(16,17)4(10)11/h3-4H,1-2H2. The summed E-state index contributed by atoms with van der Waals surface area (Å²) in [7, 11) is 0. The molecule has 0 saturated carbocycles. The Kier molecular flexibility index (Phi) is 5.27. The Balaban J connectivity index is 4.46. The Labute approximate surface area is 93.7 Å². The van der Waals surface area contributed by atoms with E-state index >= 15 is 0 Å². The van der Waals surface area contributed by atoms with Gasteiger partial charge in [0.1, 0.15) is 13.2 Å². The fourth-order valence-electron chi connectivity index (χ4n) is 0.634. The van der Waals surface area contributed by atoms with Crippen LogP contribution in [0.2, 0.25) is 0 Å². The zero-order valence-corrected chi connectivity index (χ0v) is 8.26. The van der Waals surface area contributed by atoms with Gasteiger partial charge in [-0.25, -0.2) is 17.6 Å². The lowest BCUT2D eigenvalue weighted by Crippen LogP contribution is -2.50. The molecule has 0 aromatic carbocycles. The van der Waals surface area contributed by atoms with Crippen LogP contribution in [-0.2, 0) is 4.74 Å². The number of hydrogen-bond donors (Lipinski definition) is 0. The van der Waals surface area contributed by atoms with Crippen LogP contribution in [0.15, 0.2) is 0 Å². The third-order valence-electron chi connectivity index (χ3n) is 1.66. The molecule has 0 amide bonds. The van der Waals surface area contributed by atoms with Crippen LogP contribution < -0.4 is 0 Å². The highest BCUT2D eigenvalue weighted by atomic mass is 19.3. The highest BCUT2D eigenvalue weighted by Gasteiger charge is 2.63. The van der Waals surface area contributed by atoms with E-state index in [1.54, 1.807) is 0 Å². The van der Waals surface area contributed by atoms with Gasteiger partial charge < -0.3 is 4.74 Å². The molecule has 0 radical (unpaired) electrons. The van der Waals surface area contributed by atoms with Gasteiger partial charge in [0.25, 0.3) is 0 Å². The van der Waals surface area contributed by atoms with Crippen molar-refractivity contribution < 1.29 is 48.6 Å². The molecule has 0 fully saturated rings. The number of ether oxygens (including phenoxy) is 1. The van der Waals surface area contributed by atoms with Crippen molar-refractivity contribution in [2.45, 2.75) is 30.6 Å². The minimum absolute atomic E-state index is 2.29. The molecule has 110 valence electrons. The largest absolute Gasteiger partial charge is 0.371 e. The van der Waals surface area contributed by atoms with Crippen molar-refractivity contribution in [2.75, 3.05) is 13.2 Å². The van der Waals surface area contributed by atoms with Gasteiger partial charge in [-0.3, -0.25) is 0 Å². The Hall–Kier alpha value is -0.740. The molecule has 0 aromatic heterocycles. The molecule has 0 saturated heterocycles. The molecule has 18 heavy (non-hydrogen) atoms. The van der Waals surface area contributed by atoms with E-state index in [4.69, 9.17) is 0 Å². The lowest BCUT2D eigenvalue weighted by Gasteiger charge is -2.26. The van der Waals surface area contributed by atoms with Crippen LogP contribution in [0.5, 0.6) is 0 Å². The van der Waals surface area contributed by atoms with Gasteiger partial charge in [-0.2, -0.15) is 26.3 Å². The molecule has 0 N–H and O–H groups in total. The van der Waals surface area contributed by atoms with Crippen molar-refractivity contribution in [3.8, 4) is 0 Å². The molecule has 0 heterocycles. The topological polar surface area (TPSA) is 9.23 Å². The predicted molar refractivity (Wildman–Crippen MR) is 37.7 cm³/mol. The third kappa shape index (κ3) is 3.89. The van der Waals surface area contributed by atoms with E-state index in [2.05, 4.69) is 4.74 Å². The summed E-state index contributed by atoms with van der Waals surface area (Å²) < 4.78 is 123. The van der Waals surface area contributed by atoms with Gasteiger partial charge >= 0.3 is 30.6 Å². The Bertz CT molecular complexity index is 263. The third-order valence-corrected chi connectivity index (χ3v) is 1.66. The molecule has 0 aromatic rings. The maximum atomic E-state index is 12.4. The lowest BCUT2D eigenvalue weighted by molar-refractivity contribution is -0.285. The molecule has 0 spiro atoms. The number of rotatable bonds is 7. The molecule has 0 bridgehead atoms. The fraction of sp³-hybridized carbons (Fsp3) is 1.00. The molecule has 0 unspecified atom stereocenters. The van der Waals surface area contributed by atoms with Gasteiger partial charge in [0.2, 0.25) is 0 Å². The smallest absolute Gasteiger partial charge is 0.368 e. The summed E-state index contributed by atoms with van der Waals surface area (Å²) in [6, 6.07) is 0. The number of halogens is 10. The van der Waals surface area contributed by atoms with E-state index in [-0.39, 0.29) is 0 Å². The summed E-state index contributed by atoms with van der Waals surface area (Å²) in [5, 5.41) is 0. The van der Waals surface area contributed by atoms with Gasteiger partial charge in [-0.1, -0.05) is 0 Å². The Morgan fingerprint density at radius 1 is 0.722 bits per heavy atom. The first-order valence-electron chi connectivity index (χ1n) is 4.12. The van der Waals surface area contributed by atoms with Gasteiger partial charge in [0.05, 0.1) is 0 Å². The molecule has 0 aliphatic heterocycles. The summed E-state index contributed by atoms with van der Waals surface area (Å²) in [5.74, 6) is -16.1. The molecule has 0 rings (SSSR count). The SMILES string of the molecule is FC(F)C(F)(F)COCC(F)(F)C(F)(F)C(F)F.